The van der Waals surface area contributed by atoms with Crippen LogP contribution in [-0.4, -0.2) is 41.9 Å². The second-order valence-corrected chi connectivity index (χ2v) is 6.46. The smallest absolute Gasteiger partial charge is 0.246 e. The van der Waals surface area contributed by atoms with Crippen LogP contribution < -0.4 is 0 Å². The molecule has 3 rings (SSSR count). The first-order valence-corrected chi connectivity index (χ1v) is 8.46. The average Bonchev–Trinajstić information content (AvgIpc) is 3.07. The molecule has 1 saturated heterocycles. The van der Waals surface area contributed by atoms with E-state index in [2.05, 4.69) is 22.4 Å². The molecule has 3 nitrogen and oxygen atoms in total. The standard InChI is InChI=1S/C18H20N2OS/c21-18(9-8-16-5-2-1-3-6-16)20-12-10-19(11-13-20)15-17-7-4-14-22-17/h1-9,14H,10-13,15H2/b9-8+. The fourth-order valence-electron chi connectivity index (χ4n) is 2.59. The molecule has 22 heavy (non-hydrogen) atoms. The second kappa shape index (κ2) is 7.38. The van der Waals surface area contributed by atoms with Gasteiger partial charge in [-0.25, -0.2) is 0 Å². The molecule has 0 bridgehead atoms. The van der Waals surface area contributed by atoms with Gasteiger partial charge in [-0.05, 0) is 23.1 Å². The van der Waals surface area contributed by atoms with Crippen molar-refractivity contribution in [2.45, 2.75) is 6.54 Å². The number of amides is 1. The molecular formula is C18H20N2OS. The summed E-state index contributed by atoms with van der Waals surface area (Å²) in [6, 6.07) is 14.2. The summed E-state index contributed by atoms with van der Waals surface area (Å²) in [6.45, 7) is 4.51. The van der Waals surface area contributed by atoms with Crippen molar-refractivity contribution in [3.05, 3.63) is 64.4 Å². The summed E-state index contributed by atoms with van der Waals surface area (Å²) >= 11 is 1.80. The normalized spacial score (nSPS) is 16.3. The Balaban J connectivity index is 1.48. The summed E-state index contributed by atoms with van der Waals surface area (Å²) in [6.07, 6.45) is 3.57. The highest BCUT2D eigenvalue weighted by Gasteiger charge is 2.19. The summed E-state index contributed by atoms with van der Waals surface area (Å²) in [5, 5.41) is 2.11. The molecule has 1 amide bonds. The van der Waals surface area contributed by atoms with Gasteiger partial charge in [0.2, 0.25) is 5.91 Å². The van der Waals surface area contributed by atoms with E-state index in [9.17, 15) is 4.79 Å². The number of nitrogens with zero attached hydrogens (tertiary/aromatic N) is 2. The number of thiophene rings is 1. The molecule has 0 unspecified atom stereocenters. The Kier molecular flexibility index (Phi) is 5.03. The lowest BCUT2D eigenvalue weighted by Crippen LogP contribution is -2.47. The molecule has 114 valence electrons. The number of carbonyl (C=O) groups is 1. The largest absolute Gasteiger partial charge is 0.337 e. The van der Waals surface area contributed by atoms with Gasteiger partial charge in [0.15, 0.2) is 0 Å². The molecule has 2 heterocycles. The van der Waals surface area contributed by atoms with Crippen LogP contribution in [0.2, 0.25) is 0 Å². The summed E-state index contributed by atoms with van der Waals surface area (Å²) in [4.78, 5) is 18.0. The first-order valence-electron chi connectivity index (χ1n) is 7.58. The minimum atomic E-state index is 0.111. The topological polar surface area (TPSA) is 23.6 Å². The Morgan fingerprint density at radius 3 is 2.50 bits per heavy atom. The fourth-order valence-corrected chi connectivity index (χ4v) is 3.33. The molecule has 2 aromatic rings. The third kappa shape index (κ3) is 4.06. The molecule has 0 spiro atoms. The molecule has 4 heteroatoms. The quantitative estimate of drug-likeness (QED) is 0.810. The number of hydrogen-bond donors (Lipinski definition) is 0. The van der Waals surface area contributed by atoms with Crippen molar-refractivity contribution in [3.63, 3.8) is 0 Å². The van der Waals surface area contributed by atoms with E-state index in [0.29, 0.717) is 0 Å². The Hall–Kier alpha value is -1.91. The van der Waals surface area contributed by atoms with Crippen molar-refractivity contribution in [2.24, 2.45) is 0 Å². The maximum Gasteiger partial charge on any atom is 0.246 e. The van der Waals surface area contributed by atoms with Crippen molar-refractivity contribution in [3.8, 4) is 0 Å². The molecule has 0 radical (unpaired) electrons. The fraction of sp³-hybridized carbons (Fsp3) is 0.278. The average molecular weight is 312 g/mol. The summed E-state index contributed by atoms with van der Waals surface area (Å²) < 4.78 is 0. The van der Waals surface area contributed by atoms with Crippen LogP contribution in [0.15, 0.2) is 53.9 Å². The zero-order valence-corrected chi connectivity index (χ0v) is 13.3. The van der Waals surface area contributed by atoms with Crippen LogP contribution >= 0.6 is 11.3 Å². The van der Waals surface area contributed by atoms with Crippen molar-refractivity contribution in [1.29, 1.82) is 0 Å². The lowest BCUT2D eigenvalue weighted by atomic mass is 10.2. The van der Waals surface area contributed by atoms with Gasteiger partial charge in [0.25, 0.3) is 0 Å². The maximum absolute atomic E-state index is 12.2. The third-order valence-electron chi connectivity index (χ3n) is 3.86. The van der Waals surface area contributed by atoms with Gasteiger partial charge in [0.1, 0.15) is 0 Å². The molecule has 0 atom stereocenters. The highest BCUT2D eigenvalue weighted by Crippen LogP contribution is 2.13. The summed E-state index contributed by atoms with van der Waals surface area (Å²) in [5.74, 6) is 0.111. The van der Waals surface area contributed by atoms with Crippen LogP contribution in [0.4, 0.5) is 0 Å². The monoisotopic (exact) mass is 312 g/mol. The van der Waals surface area contributed by atoms with Gasteiger partial charge >= 0.3 is 0 Å². The van der Waals surface area contributed by atoms with Gasteiger partial charge in [0, 0.05) is 43.7 Å². The summed E-state index contributed by atoms with van der Waals surface area (Å²) in [7, 11) is 0. The lowest BCUT2D eigenvalue weighted by molar-refractivity contribution is -0.127. The van der Waals surface area contributed by atoms with Gasteiger partial charge < -0.3 is 4.90 Å². The molecule has 0 saturated carbocycles. The predicted molar refractivity (Wildman–Crippen MR) is 91.7 cm³/mol. The van der Waals surface area contributed by atoms with Crippen LogP contribution in [0.5, 0.6) is 0 Å². The van der Waals surface area contributed by atoms with Crippen molar-refractivity contribution < 1.29 is 4.79 Å². The van der Waals surface area contributed by atoms with E-state index in [1.165, 1.54) is 4.88 Å². The number of rotatable bonds is 4. The number of benzene rings is 1. The summed E-state index contributed by atoms with van der Waals surface area (Å²) in [5.41, 5.74) is 1.06. The van der Waals surface area contributed by atoms with Crippen LogP contribution in [0, 0.1) is 0 Å². The Labute approximate surface area is 135 Å². The molecule has 1 aromatic heterocycles. The van der Waals surface area contributed by atoms with Gasteiger partial charge in [-0.1, -0.05) is 36.4 Å². The molecule has 1 aromatic carbocycles. The predicted octanol–water partition coefficient (Wildman–Crippen LogP) is 3.11. The minimum Gasteiger partial charge on any atom is -0.337 e. The first-order chi connectivity index (χ1) is 10.8. The molecule has 1 fully saturated rings. The number of piperazine rings is 1. The van der Waals surface area contributed by atoms with E-state index in [0.717, 1.165) is 38.3 Å². The van der Waals surface area contributed by atoms with E-state index in [4.69, 9.17) is 0 Å². The first kappa shape index (κ1) is 15.0. The second-order valence-electron chi connectivity index (χ2n) is 5.42. The van der Waals surface area contributed by atoms with Crippen LogP contribution in [-0.2, 0) is 11.3 Å². The zero-order valence-electron chi connectivity index (χ0n) is 12.5. The Bertz CT molecular complexity index is 614. The SMILES string of the molecule is O=C(/C=C/c1ccccc1)N1CCN(Cc2cccs2)CC1. The molecule has 1 aliphatic rings. The highest BCUT2D eigenvalue weighted by atomic mass is 32.1. The lowest BCUT2D eigenvalue weighted by Gasteiger charge is -2.33. The highest BCUT2D eigenvalue weighted by molar-refractivity contribution is 7.09. The van der Waals surface area contributed by atoms with Crippen molar-refractivity contribution >= 4 is 23.3 Å². The van der Waals surface area contributed by atoms with Crippen molar-refractivity contribution in [1.82, 2.24) is 9.80 Å². The van der Waals surface area contributed by atoms with Crippen LogP contribution in [0.25, 0.3) is 6.08 Å². The maximum atomic E-state index is 12.2. The van der Waals surface area contributed by atoms with E-state index in [-0.39, 0.29) is 5.91 Å². The van der Waals surface area contributed by atoms with E-state index in [1.807, 2.05) is 41.3 Å². The van der Waals surface area contributed by atoms with E-state index in [1.54, 1.807) is 17.4 Å². The van der Waals surface area contributed by atoms with Gasteiger partial charge in [-0.2, -0.15) is 0 Å². The Morgan fingerprint density at radius 2 is 1.82 bits per heavy atom. The number of hydrogen-bond acceptors (Lipinski definition) is 3. The number of carbonyl (C=O) groups excluding carboxylic acids is 1. The van der Waals surface area contributed by atoms with Gasteiger partial charge in [-0.3, -0.25) is 9.69 Å². The van der Waals surface area contributed by atoms with Crippen LogP contribution in [0.3, 0.4) is 0 Å². The van der Waals surface area contributed by atoms with Gasteiger partial charge in [0.05, 0.1) is 0 Å². The van der Waals surface area contributed by atoms with E-state index >= 15 is 0 Å². The van der Waals surface area contributed by atoms with Crippen molar-refractivity contribution in [2.75, 3.05) is 26.2 Å². The minimum absolute atomic E-state index is 0.111. The van der Waals surface area contributed by atoms with Crippen LogP contribution in [0.1, 0.15) is 10.4 Å². The molecule has 0 N–H and O–H groups in total. The molecule has 0 aliphatic carbocycles. The van der Waals surface area contributed by atoms with E-state index < -0.39 is 0 Å². The third-order valence-corrected chi connectivity index (χ3v) is 4.72. The Morgan fingerprint density at radius 1 is 1.05 bits per heavy atom. The zero-order chi connectivity index (χ0) is 15.2. The van der Waals surface area contributed by atoms with Gasteiger partial charge in [-0.15, -0.1) is 11.3 Å². The molecular weight excluding hydrogens is 292 g/mol. The molecule has 1 aliphatic heterocycles.